The fraction of sp³-hybridized carbons (Fsp3) is 0.0667. The normalized spacial score (nSPS) is 9.94. The third-order valence-corrected chi connectivity index (χ3v) is 2.50. The maximum absolute atomic E-state index is 5.78. The Balaban J connectivity index is 2.29. The Hall–Kier alpha value is -2.22. The molecule has 0 fully saturated rings. The molecule has 0 amide bonds. The molecular weight excluding hydrogens is 210 g/mol. The van der Waals surface area contributed by atoms with E-state index in [0.717, 1.165) is 17.1 Å². The van der Waals surface area contributed by atoms with Crippen molar-refractivity contribution in [3.05, 3.63) is 60.2 Å². The molecule has 0 heterocycles. The molecule has 17 heavy (non-hydrogen) atoms. The van der Waals surface area contributed by atoms with E-state index in [1.165, 1.54) is 5.56 Å². The molecule has 2 heteroatoms. The van der Waals surface area contributed by atoms with Gasteiger partial charge in [0, 0.05) is 11.3 Å². The lowest BCUT2D eigenvalue weighted by Gasteiger charge is -2.09. The third-order valence-electron chi connectivity index (χ3n) is 2.50. The number of nitrogen functional groups attached to an aromatic ring is 1. The van der Waals surface area contributed by atoms with Crippen molar-refractivity contribution in [2.24, 2.45) is 0 Å². The molecule has 0 atom stereocenters. The van der Waals surface area contributed by atoms with Gasteiger partial charge in [-0.1, -0.05) is 30.4 Å². The number of rotatable bonds is 3. The Labute approximate surface area is 101 Å². The Bertz CT molecular complexity index is 529. The Kier molecular flexibility index (Phi) is 3.15. The van der Waals surface area contributed by atoms with Gasteiger partial charge in [0.25, 0.3) is 0 Å². The van der Waals surface area contributed by atoms with Crippen molar-refractivity contribution in [1.82, 2.24) is 0 Å². The van der Waals surface area contributed by atoms with Crippen molar-refractivity contribution in [1.29, 1.82) is 0 Å². The van der Waals surface area contributed by atoms with Crippen LogP contribution in [0.2, 0.25) is 0 Å². The van der Waals surface area contributed by atoms with E-state index in [2.05, 4.69) is 6.58 Å². The first-order valence-corrected chi connectivity index (χ1v) is 5.45. The molecule has 2 rings (SSSR count). The molecule has 2 aromatic carbocycles. The number of benzene rings is 2. The summed E-state index contributed by atoms with van der Waals surface area (Å²) in [6.07, 6.45) is 1.74. The highest BCUT2D eigenvalue weighted by Crippen LogP contribution is 2.27. The number of hydrogen-bond acceptors (Lipinski definition) is 2. The van der Waals surface area contributed by atoms with Gasteiger partial charge in [-0.3, -0.25) is 0 Å². The number of hydrogen-bond donors (Lipinski definition) is 1. The second-order valence-electron chi connectivity index (χ2n) is 3.92. The van der Waals surface area contributed by atoms with E-state index in [0.29, 0.717) is 5.69 Å². The highest BCUT2D eigenvalue weighted by atomic mass is 16.5. The van der Waals surface area contributed by atoms with Crippen molar-refractivity contribution >= 4 is 11.8 Å². The van der Waals surface area contributed by atoms with Crippen molar-refractivity contribution in [3.8, 4) is 11.5 Å². The highest BCUT2D eigenvalue weighted by Gasteiger charge is 2.02. The summed E-state index contributed by atoms with van der Waals surface area (Å²) in [6, 6.07) is 13.4. The minimum atomic E-state index is 0.705. The van der Waals surface area contributed by atoms with E-state index < -0.39 is 0 Å². The fourth-order valence-corrected chi connectivity index (χ4v) is 1.55. The molecule has 0 radical (unpaired) electrons. The lowest BCUT2D eigenvalue weighted by atomic mass is 10.1. The quantitative estimate of drug-likeness (QED) is 0.801. The Morgan fingerprint density at radius 1 is 1.12 bits per heavy atom. The monoisotopic (exact) mass is 225 g/mol. The zero-order chi connectivity index (χ0) is 12.3. The van der Waals surface area contributed by atoms with Crippen LogP contribution in [0, 0.1) is 6.92 Å². The van der Waals surface area contributed by atoms with Crippen LogP contribution >= 0.6 is 0 Å². The maximum Gasteiger partial charge on any atom is 0.134 e. The summed E-state index contributed by atoms with van der Waals surface area (Å²) in [5.74, 6) is 1.57. The van der Waals surface area contributed by atoms with Gasteiger partial charge in [0.1, 0.15) is 11.5 Å². The van der Waals surface area contributed by atoms with Crippen molar-refractivity contribution in [2.75, 3.05) is 5.73 Å². The van der Waals surface area contributed by atoms with Crippen molar-refractivity contribution in [3.63, 3.8) is 0 Å². The molecule has 0 aromatic heterocycles. The second kappa shape index (κ2) is 4.74. The summed E-state index contributed by atoms with van der Waals surface area (Å²) in [5, 5.41) is 0. The smallest absolute Gasteiger partial charge is 0.134 e. The number of anilines is 1. The Morgan fingerprint density at radius 2 is 1.82 bits per heavy atom. The minimum absolute atomic E-state index is 0.705. The molecule has 0 unspecified atom stereocenters. The first kappa shape index (κ1) is 11.3. The summed E-state index contributed by atoms with van der Waals surface area (Å²) in [5.41, 5.74) is 8.52. The summed E-state index contributed by atoms with van der Waals surface area (Å²) in [4.78, 5) is 0. The van der Waals surface area contributed by atoms with Crippen LogP contribution in [0.5, 0.6) is 11.5 Å². The second-order valence-corrected chi connectivity index (χ2v) is 3.92. The average molecular weight is 225 g/mol. The average Bonchev–Trinajstić information content (AvgIpc) is 2.34. The van der Waals surface area contributed by atoms with E-state index in [1.807, 2.05) is 49.4 Å². The van der Waals surface area contributed by atoms with Gasteiger partial charge >= 0.3 is 0 Å². The minimum Gasteiger partial charge on any atom is -0.457 e. The molecule has 86 valence electrons. The summed E-state index contributed by atoms with van der Waals surface area (Å²) < 4.78 is 5.78. The van der Waals surface area contributed by atoms with E-state index in [1.54, 1.807) is 6.08 Å². The number of ether oxygens (including phenoxy) is 1. The molecule has 2 N–H and O–H groups in total. The molecule has 0 bridgehead atoms. The summed E-state index contributed by atoms with van der Waals surface area (Å²) in [7, 11) is 0. The zero-order valence-electron chi connectivity index (χ0n) is 9.81. The van der Waals surface area contributed by atoms with Gasteiger partial charge in [-0.25, -0.2) is 0 Å². The number of aryl methyl sites for hydroxylation is 1. The SMILES string of the molecule is C=Cc1cc(N)ccc1Oc1ccc(C)cc1. The molecule has 0 aliphatic rings. The topological polar surface area (TPSA) is 35.2 Å². The molecule has 0 saturated carbocycles. The molecule has 2 nitrogen and oxygen atoms in total. The van der Waals surface area contributed by atoms with Crippen LogP contribution in [-0.4, -0.2) is 0 Å². The molecule has 0 spiro atoms. The lowest BCUT2D eigenvalue weighted by Crippen LogP contribution is -1.90. The van der Waals surface area contributed by atoms with Crippen molar-refractivity contribution in [2.45, 2.75) is 6.92 Å². The van der Waals surface area contributed by atoms with Gasteiger partial charge in [0.05, 0.1) is 0 Å². The number of nitrogens with two attached hydrogens (primary N) is 1. The largest absolute Gasteiger partial charge is 0.457 e. The summed E-state index contributed by atoms with van der Waals surface area (Å²) in [6.45, 7) is 5.80. The zero-order valence-corrected chi connectivity index (χ0v) is 9.81. The van der Waals surface area contributed by atoms with Crippen LogP contribution in [0.3, 0.4) is 0 Å². The predicted molar refractivity (Wildman–Crippen MR) is 72.2 cm³/mol. The van der Waals surface area contributed by atoms with Crippen LogP contribution in [0.4, 0.5) is 5.69 Å². The molecule has 2 aromatic rings. The van der Waals surface area contributed by atoms with Crippen LogP contribution in [0.15, 0.2) is 49.0 Å². The van der Waals surface area contributed by atoms with Crippen LogP contribution < -0.4 is 10.5 Å². The highest BCUT2D eigenvalue weighted by molar-refractivity contribution is 5.62. The van der Waals surface area contributed by atoms with E-state index in [9.17, 15) is 0 Å². The van der Waals surface area contributed by atoms with E-state index >= 15 is 0 Å². The van der Waals surface area contributed by atoms with Gasteiger partial charge in [-0.05, 0) is 37.3 Å². The van der Waals surface area contributed by atoms with E-state index in [-0.39, 0.29) is 0 Å². The standard InChI is InChI=1S/C15H15NO/c1-3-12-10-13(16)6-9-15(12)17-14-7-4-11(2)5-8-14/h3-10H,1,16H2,2H3. The van der Waals surface area contributed by atoms with Gasteiger partial charge in [-0.2, -0.15) is 0 Å². The Morgan fingerprint density at radius 3 is 2.47 bits per heavy atom. The van der Waals surface area contributed by atoms with Crippen LogP contribution in [0.1, 0.15) is 11.1 Å². The van der Waals surface area contributed by atoms with Crippen LogP contribution in [-0.2, 0) is 0 Å². The first-order chi connectivity index (χ1) is 8.19. The first-order valence-electron chi connectivity index (χ1n) is 5.45. The third kappa shape index (κ3) is 2.67. The van der Waals surface area contributed by atoms with Gasteiger partial charge in [0.15, 0.2) is 0 Å². The molecule has 0 aliphatic heterocycles. The predicted octanol–water partition coefficient (Wildman–Crippen LogP) is 4.01. The fourth-order valence-electron chi connectivity index (χ4n) is 1.55. The van der Waals surface area contributed by atoms with Gasteiger partial charge in [-0.15, -0.1) is 0 Å². The van der Waals surface area contributed by atoms with Crippen LogP contribution in [0.25, 0.3) is 6.08 Å². The maximum atomic E-state index is 5.78. The van der Waals surface area contributed by atoms with Gasteiger partial charge < -0.3 is 10.5 Å². The molecule has 0 saturated heterocycles. The molecular formula is C15H15NO. The summed E-state index contributed by atoms with van der Waals surface area (Å²) >= 11 is 0. The van der Waals surface area contributed by atoms with Crippen molar-refractivity contribution < 1.29 is 4.74 Å². The van der Waals surface area contributed by atoms with Gasteiger partial charge in [0.2, 0.25) is 0 Å². The molecule has 0 aliphatic carbocycles. The van der Waals surface area contributed by atoms with E-state index in [4.69, 9.17) is 10.5 Å². The lowest BCUT2D eigenvalue weighted by molar-refractivity contribution is 0.481.